The van der Waals surface area contributed by atoms with E-state index in [9.17, 15) is 4.79 Å². The number of anilines is 2. The number of nitrogens with one attached hydrogen (secondary N) is 1. The number of aryl methyl sites for hydroxylation is 1. The van der Waals surface area contributed by atoms with Gasteiger partial charge in [-0.25, -0.2) is 0 Å². The molecule has 4 nitrogen and oxygen atoms in total. The lowest BCUT2D eigenvalue weighted by Crippen LogP contribution is -2.07. The van der Waals surface area contributed by atoms with Gasteiger partial charge in [-0.1, -0.05) is 26.0 Å². The zero-order valence-corrected chi connectivity index (χ0v) is 12.9. The zero-order chi connectivity index (χ0) is 15.7. The largest absolute Gasteiger partial charge is 0.423 e. The molecule has 0 amide bonds. The van der Waals surface area contributed by atoms with Gasteiger partial charge in [0.25, 0.3) is 6.01 Å². The minimum Gasteiger partial charge on any atom is -0.423 e. The highest BCUT2D eigenvalue weighted by atomic mass is 16.4. The predicted molar refractivity (Wildman–Crippen MR) is 87.6 cm³/mol. The molecule has 3 aromatic rings. The average molecular weight is 294 g/mol. The standard InChI is InChI=1S/C18H18N2O2/c1-11(2)17(21)13-7-9-14(10-8-13)19-18-20-16-12(3)5-4-6-15(16)22-18/h4-11H,1-3H3,(H,19,20). The topological polar surface area (TPSA) is 55.1 Å². The summed E-state index contributed by atoms with van der Waals surface area (Å²) >= 11 is 0. The van der Waals surface area contributed by atoms with Crippen LogP contribution in [0.3, 0.4) is 0 Å². The van der Waals surface area contributed by atoms with Crippen LogP contribution in [0.25, 0.3) is 11.1 Å². The van der Waals surface area contributed by atoms with E-state index in [1.807, 2.05) is 63.2 Å². The number of carbonyl (C=O) groups is 1. The van der Waals surface area contributed by atoms with E-state index in [1.54, 1.807) is 0 Å². The fourth-order valence-electron chi connectivity index (χ4n) is 2.31. The van der Waals surface area contributed by atoms with Crippen molar-refractivity contribution in [3.63, 3.8) is 0 Å². The van der Waals surface area contributed by atoms with Gasteiger partial charge in [-0.05, 0) is 42.8 Å². The quantitative estimate of drug-likeness (QED) is 0.707. The Morgan fingerprint density at radius 2 is 1.86 bits per heavy atom. The van der Waals surface area contributed by atoms with Gasteiger partial charge in [0.05, 0.1) is 0 Å². The van der Waals surface area contributed by atoms with Crippen molar-refractivity contribution < 1.29 is 9.21 Å². The Balaban J connectivity index is 1.83. The lowest BCUT2D eigenvalue weighted by molar-refractivity contribution is 0.0939. The first-order chi connectivity index (χ1) is 10.5. The van der Waals surface area contributed by atoms with Crippen LogP contribution >= 0.6 is 0 Å². The van der Waals surface area contributed by atoms with Crippen LogP contribution in [0.2, 0.25) is 0 Å². The molecule has 2 aromatic carbocycles. The maximum Gasteiger partial charge on any atom is 0.300 e. The second-order valence-electron chi connectivity index (χ2n) is 5.66. The Morgan fingerprint density at radius 3 is 2.50 bits per heavy atom. The van der Waals surface area contributed by atoms with Crippen molar-refractivity contribution >= 4 is 28.6 Å². The summed E-state index contributed by atoms with van der Waals surface area (Å²) in [5.74, 6) is 0.142. The van der Waals surface area contributed by atoms with Gasteiger partial charge < -0.3 is 9.73 Å². The number of aromatic nitrogens is 1. The summed E-state index contributed by atoms with van der Waals surface area (Å²) in [6, 6.07) is 13.6. The molecular weight excluding hydrogens is 276 g/mol. The average Bonchev–Trinajstić information content (AvgIpc) is 2.91. The molecule has 0 aliphatic heterocycles. The van der Waals surface area contributed by atoms with Crippen LogP contribution in [0.15, 0.2) is 46.9 Å². The second kappa shape index (κ2) is 5.64. The molecule has 0 saturated carbocycles. The van der Waals surface area contributed by atoms with Crippen molar-refractivity contribution in [3.8, 4) is 0 Å². The van der Waals surface area contributed by atoms with E-state index in [0.717, 1.165) is 22.4 Å². The molecule has 0 spiro atoms. The molecule has 0 aliphatic carbocycles. The van der Waals surface area contributed by atoms with Crippen molar-refractivity contribution in [2.75, 3.05) is 5.32 Å². The van der Waals surface area contributed by atoms with Crippen molar-refractivity contribution in [3.05, 3.63) is 53.6 Å². The number of fused-ring (bicyclic) bond motifs is 1. The van der Waals surface area contributed by atoms with E-state index in [-0.39, 0.29) is 11.7 Å². The molecule has 3 rings (SSSR count). The van der Waals surface area contributed by atoms with Crippen LogP contribution in [0, 0.1) is 12.8 Å². The van der Waals surface area contributed by atoms with E-state index in [4.69, 9.17) is 4.42 Å². The van der Waals surface area contributed by atoms with Crippen molar-refractivity contribution in [1.29, 1.82) is 0 Å². The van der Waals surface area contributed by atoms with Gasteiger partial charge in [-0.2, -0.15) is 4.98 Å². The van der Waals surface area contributed by atoms with Crippen molar-refractivity contribution in [1.82, 2.24) is 4.98 Å². The van der Waals surface area contributed by atoms with Crippen LogP contribution in [0.4, 0.5) is 11.7 Å². The Labute approximate surface area is 129 Å². The third-order valence-corrected chi connectivity index (χ3v) is 3.57. The number of oxazole rings is 1. The lowest BCUT2D eigenvalue weighted by atomic mass is 10.0. The van der Waals surface area contributed by atoms with E-state index in [0.29, 0.717) is 11.6 Å². The first kappa shape index (κ1) is 14.3. The molecule has 112 valence electrons. The Hall–Kier alpha value is -2.62. The van der Waals surface area contributed by atoms with Gasteiger partial charge in [0.15, 0.2) is 11.4 Å². The molecule has 0 bridgehead atoms. The highest BCUT2D eigenvalue weighted by Gasteiger charge is 2.11. The molecule has 1 aromatic heterocycles. The SMILES string of the molecule is Cc1cccc2oc(Nc3ccc(C(=O)C(C)C)cc3)nc12. The summed E-state index contributed by atoms with van der Waals surface area (Å²) in [4.78, 5) is 16.4. The number of nitrogens with zero attached hydrogens (tertiary/aromatic N) is 1. The Bertz CT molecular complexity index is 817. The highest BCUT2D eigenvalue weighted by Crippen LogP contribution is 2.24. The van der Waals surface area contributed by atoms with E-state index in [2.05, 4.69) is 10.3 Å². The van der Waals surface area contributed by atoms with Crippen LogP contribution < -0.4 is 5.32 Å². The van der Waals surface area contributed by atoms with E-state index in [1.165, 1.54) is 0 Å². The maximum absolute atomic E-state index is 11.9. The van der Waals surface area contributed by atoms with Gasteiger partial charge in [-0.3, -0.25) is 4.79 Å². The summed E-state index contributed by atoms with van der Waals surface area (Å²) in [7, 11) is 0. The summed E-state index contributed by atoms with van der Waals surface area (Å²) < 4.78 is 5.68. The molecule has 0 fully saturated rings. The molecule has 0 saturated heterocycles. The minimum absolute atomic E-state index is 0.00109. The molecule has 0 atom stereocenters. The number of Topliss-reactive ketones (excluding diaryl/α,β-unsaturated/α-hetero) is 1. The molecule has 0 aliphatic rings. The molecule has 22 heavy (non-hydrogen) atoms. The van der Waals surface area contributed by atoms with Crippen molar-refractivity contribution in [2.45, 2.75) is 20.8 Å². The number of hydrogen-bond acceptors (Lipinski definition) is 4. The first-order valence-electron chi connectivity index (χ1n) is 7.32. The molecular formula is C18H18N2O2. The monoisotopic (exact) mass is 294 g/mol. The van der Waals surface area contributed by atoms with Gasteiger partial charge >= 0.3 is 0 Å². The van der Waals surface area contributed by atoms with Crippen LogP contribution in [-0.2, 0) is 0 Å². The minimum atomic E-state index is -0.00109. The summed E-state index contributed by atoms with van der Waals surface area (Å²) in [6.07, 6.45) is 0. The Kier molecular flexibility index (Phi) is 3.67. The van der Waals surface area contributed by atoms with Gasteiger partial charge in [0, 0.05) is 17.2 Å². The highest BCUT2D eigenvalue weighted by molar-refractivity contribution is 5.97. The number of hydrogen-bond donors (Lipinski definition) is 1. The first-order valence-corrected chi connectivity index (χ1v) is 7.32. The van der Waals surface area contributed by atoms with Crippen LogP contribution in [-0.4, -0.2) is 10.8 Å². The van der Waals surface area contributed by atoms with Gasteiger partial charge in [0.2, 0.25) is 0 Å². The molecule has 1 N–H and O–H groups in total. The maximum atomic E-state index is 11.9. The summed E-state index contributed by atoms with van der Waals surface area (Å²) in [6.45, 7) is 5.80. The number of para-hydroxylation sites is 1. The van der Waals surface area contributed by atoms with Gasteiger partial charge in [-0.15, -0.1) is 0 Å². The van der Waals surface area contributed by atoms with E-state index < -0.39 is 0 Å². The summed E-state index contributed by atoms with van der Waals surface area (Å²) in [5, 5.41) is 3.13. The third kappa shape index (κ3) is 2.72. The fourth-order valence-corrected chi connectivity index (χ4v) is 2.31. The Morgan fingerprint density at radius 1 is 1.14 bits per heavy atom. The number of rotatable bonds is 4. The molecule has 0 unspecified atom stereocenters. The van der Waals surface area contributed by atoms with Gasteiger partial charge in [0.1, 0.15) is 5.52 Å². The smallest absolute Gasteiger partial charge is 0.300 e. The number of ketones is 1. The molecule has 1 heterocycles. The van der Waals surface area contributed by atoms with Crippen LogP contribution in [0.5, 0.6) is 0 Å². The predicted octanol–water partition coefficient (Wildman–Crippen LogP) is 4.72. The summed E-state index contributed by atoms with van der Waals surface area (Å²) in [5.41, 5.74) is 4.25. The van der Waals surface area contributed by atoms with Crippen molar-refractivity contribution in [2.24, 2.45) is 5.92 Å². The number of carbonyl (C=O) groups excluding carboxylic acids is 1. The van der Waals surface area contributed by atoms with Crippen LogP contribution in [0.1, 0.15) is 29.8 Å². The second-order valence-corrected chi connectivity index (χ2v) is 5.66. The van der Waals surface area contributed by atoms with E-state index >= 15 is 0 Å². The zero-order valence-electron chi connectivity index (χ0n) is 12.9. The lowest BCUT2D eigenvalue weighted by Gasteiger charge is -2.05. The third-order valence-electron chi connectivity index (χ3n) is 3.57. The molecule has 4 heteroatoms. The fraction of sp³-hybridized carbons (Fsp3) is 0.222. The number of benzene rings is 2. The normalized spacial score (nSPS) is 11.1. The molecule has 0 radical (unpaired) electrons.